The van der Waals surface area contributed by atoms with Crippen LogP contribution in [0.3, 0.4) is 0 Å². The summed E-state index contributed by atoms with van der Waals surface area (Å²) < 4.78 is 1.02. The highest BCUT2D eigenvalue weighted by Gasteiger charge is 2.25. The molecule has 1 aliphatic rings. The van der Waals surface area contributed by atoms with Crippen LogP contribution in [0.15, 0.2) is 57.0 Å². The molecule has 2 heterocycles. The predicted octanol–water partition coefficient (Wildman–Crippen LogP) is 3.74. The van der Waals surface area contributed by atoms with E-state index in [4.69, 9.17) is 0 Å². The van der Waals surface area contributed by atoms with Crippen LogP contribution in [0.1, 0.15) is 30.1 Å². The van der Waals surface area contributed by atoms with Crippen LogP contribution in [0.25, 0.3) is 0 Å². The van der Waals surface area contributed by atoms with Gasteiger partial charge >= 0.3 is 0 Å². The Morgan fingerprint density at radius 1 is 1.19 bits per heavy atom. The predicted molar refractivity (Wildman–Crippen MR) is 105 cm³/mol. The smallest absolute Gasteiger partial charge is 0.256 e. The maximum atomic E-state index is 13.0. The molecular weight excluding hydrogens is 414 g/mol. The molecule has 1 saturated heterocycles. The number of benzene rings is 1. The van der Waals surface area contributed by atoms with Gasteiger partial charge in [-0.3, -0.25) is 9.59 Å². The number of halogens is 1. The summed E-state index contributed by atoms with van der Waals surface area (Å²) in [4.78, 5) is 31.4. The van der Waals surface area contributed by atoms with E-state index >= 15 is 0 Å². The summed E-state index contributed by atoms with van der Waals surface area (Å²) in [6.45, 7) is 2.81. The summed E-state index contributed by atoms with van der Waals surface area (Å²) in [5, 5.41) is 3.64. The number of nitrogens with zero attached hydrogens (tertiary/aromatic N) is 2. The number of hydrogen-bond acceptors (Lipinski definition) is 4. The third-order valence-corrected chi connectivity index (χ3v) is 5.77. The largest absolute Gasteiger partial charge is 0.353 e. The third kappa shape index (κ3) is 4.86. The molecule has 1 aromatic heterocycles. The molecular formula is C19H20BrN3O2S. The van der Waals surface area contributed by atoms with E-state index < -0.39 is 0 Å². The van der Waals surface area contributed by atoms with Crippen LogP contribution in [-0.4, -0.2) is 40.8 Å². The number of carbonyl (C=O) groups excluding carboxylic acids is 2. The highest BCUT2D eigenvalue weighted by molar-refractivity contribution is 9.10. The van der Waals surface area contributed by atoms with Crippen molar-refractivity contribution in [2.45, 2.75) is 35.7 Å². The summed E-state index contributed by atoms with van der Waals surface area (Å²) in [7, 11) is 0. The van der Waals surface area contributed by atoms with Crippen molar-refractivity contribution in [3.63, 3.8) is 0 Å². The quantitative estimate of drug-likeness (QED) is 0.797. The van der Waals surface area contributed by atoms with Gasteiger partial charge in [-0.1, -0.05) is 27.7 Å². The first-order valence-electron chi connectivity index (χ1n) is 8.48. The topological polar surface area (TPSA) is 62.3 Å². The van der Waals surface area contributed by atoms with Gasteiger partial charge in [-0.2, -0.15) is 0 Å². The lowest BCUT2D eigenvalue weighted by molar-refractivity contribution is -0.119. The third-order valence-electron chi connectivity index (χ3n) is 4.22. The molecule has 1 aliphatic heterocycles. The second-order valence-corrected chi connectivity index (χ2v) is 8.16. The molecule has 1 aromatic carbocycles. The van der Waals surface area contributed by atoms with Gasteiger partial charge in [0.2, 0.25) is 5.91 Å². The Morgan fingerprint density at radius 2 is 1.88 bits per heavy atom. The van der Waals surface area contributed by atoms with Crippen LogP contribution in [0.5, 0.6) is 0 Å². The second-order valence-electron chi connectivity index (χ2n) is 6.18. The molecule has 5 nitrogen and oxygen atoms in total. The molecule has 0 atom stereocenters. The molecule has 0 aliphatic carbocycles. The second kappa shape index (κ2) is 8.68. The Hall–Kier alpha value is -1.86. The number of carbonyl (C=O) groups is 2. The van der Waals surface area contributed by atoms with Crippen molar-refractivity contribution >= 4 is 39.5 Å². The van der Waals surface area contributed by atoms with Crippen LogP contribution in [-0.2, 0) is 4.79 Å². The maximum absolute atomic E-state index is 13.0. The highest BCUT2D eigenvalue weighted by atomic mass is 79.9. The van der Waals surface area contributed by atoms with E-state index in [-0.39, 0.29) is 17.9 Å². The van der Waals surface area contributed by atoms with Crippen molar-refractivity contribution in [1.82, 2.24) is 15.2 Å². The Labute approximate surface area is 165 Å². The Kier molecular flexibility index (Phi) is 6.32. The fraction of sp³-hybridized carbons (Fsp3) is 0.316. The average Bonchev–Trinajstić information content (AvgIpc) is 2.64. The monoisotopic (exact) mass is 433 g/mol. The molecule has 3 rings (SSSR count). The van der Waals surface area contributed by atoms with Crippen LogP contribution in [0.2, 0.25) is 0 Å². The Balaban J connectivity index is 1.70. The first kappa shape index (κ1) is 18.9. The number of likely N-dealkylation sites (tertiary alicyclic amines) is 1. The van der Waals surface area contributed by atoms with Gasteiger partial charge in [0.05, 0.1) is 5.56 Å². The van der Waals surface area contributed by atoms with Crippen LogP contribution < -0.4 is 5.32 Å². The first-order valence-corrected chi connectivity index (χ1v) is 10.1. The van der Waals surface area contributed by atoms with E-state index in [0.29, 0.717) is 23.7 Å². The number of piperidine rings is 1. The number of aromatic nitrogens is 1. The molecule has 0 bridgehead atoms. The molecule has 2 aromatic rings. The lowest BCUT2D eigenvalue weighted by atomic mass is 10.0. The molecule has 0 radical (unpaired) electrons. The van der Waals surface area contributed by atoms with Gasteiger partial charge in [-0.15, -0.1) is 0 Å². The van der Waals surface area contributed by atoms with Gasteiger partial charge in [0, 0.05) is 41.6 Å². The lowest BCUT2D eigenvalue weighted by Crippen LogP contribution is -2.46. The van der Waals surface area contributed by atoms with Crippen LogP contribution in [0.4, 0.5) is 0 Å². The molecule has 0 unspecified atom stereocenters. The van der Waals surface area contributed by atoms with E-state index in [1.807, 2.05) is 35.2 Å². The molecule has 7 heteroatoms. The fourth-order valence-electron chi connectivity index (χ4n) is 2.93. The van der Waals surface area contributed by atoms with Crippen LogP contribution >= 0.6 is 27.7 Å². The number of rotatable bonds is 4. The summed E-state index contributed by atoms with van der Waals surface area (Å²) in [5.41, 5.74) is 0.624. The van der Waals surface area contributed by atoms with E-state index in [1.54, 1.807) is 12.3 Å². The van der Waals surface area contributed by atoms with Crippen molar-refractivity contribution < 1.29 is 9.59 Å². The minimum Gasteiger partial charge on any atom is -0.353 e. The Bertz CT molecular complexity index is 790. The molecule has 2 amide bonds. The van der Waals surface area contributed by atoms with Crippen molar-refractivity contribution in [1.29, 1.82) is 0 Å². The van der Waals surface area contributed by atoms with E-state index in [1.165, 1.54) is 18.7 Å². The molecule has 0 saturated carbocycles. The molecule has 0 spiro atoms. The zero-order chi connectivity index (χ0) is 18.5. The number of nitrogens with one attached hydrogen (secondary N) is 1. The minimum atomic E-state index is -0.0183. The van der Waals surface area contributed by atoms with Gasteiger partial charge in [0.15, 0.2) is 0 Å². The lowest BCUT2D eigenvalue weighted by Gasteiger charge is -2.32. The van der Waals surface area contributed by atoms with E-state index in [2.05, 4.69) is 26.2 Å². The van der Waals surface area contributed by atoms with E-state index in [0.717, 1.165) is 22.2 Å². The standard InChI is InChI=1S/C19H20BrN3O2S/c1-13(24)22-15-8-11-23(12-9-15)19(25)17-3-2-10-21-18(17)26-16-6-4-14(20)5-7-16/h2-7,10,15H,8-9,11-12H2,1H3,(H,22,24). The molecule has 136 valence electrons. The van der Waals surface area contributed by atoms with Gasteiger partial charge in [-0.25, -0.2) is 4.98 Å². The van der Waals surface area contributed by atoms with Crippen molar-refractivity contribution in [2.75, 3.05) is 13.1 Å². The van der Waals surface area contributed by atoms with Gasteiger partial charge < -0.3 is 10.2 Å². The summed E-state index contributed by atoms with van der Waals surface area (Å²) in [6, 6.07) is 11.7. The minimum absolute atomic E-state index is 0.000938. The number of pyridine rings is 1. The summed E-state index contributed by atoms with van der Waals surface area (Å²) >= 11 is 4.92. The number of amides is 2. The molecule has 26 heavy (non-hydrogen) atoms. The SMILES string of the molecule is CC(=O)NC1CCN(C(=O)c2cccnc2Sc2ccc(Br)cc2)CC1. The van der Waals surface area contributed by atoms with Crippen molar-refractivity contribution in [2.24, 2.45) is 0 Å². The molecule has 1 fully saturated rings. The number of hydrogen-bond donors (Lipinski definition) is 1. The molecule has 1 N–H and O–H groups in total. The normalized spacial score (nSPS) is 14.9. The zero-order valence-electron chi connectivity index (χ0n) is 14.4. The fourth-order valence-corrected chi connectivity index (χ4v) is 4.07. The van der Waals surface area contributed by atoms with Crippen molar-refractivity contribution in [3.05, 3.63) is 52.6 Å². The van der Waals surface area contributed by atoms with Crippen molar-refractivity contribution in [3.8, 4) is 0 Å². The summed E-state index contributed by atoms with van der Waals surface area (Å²) in [5.74, 6) is -0.0193. The van der Waals surface area contributed by atoms with Gasteiger partial charge in [0.1, 0.15) is 5.03 Å². The van der Waals surface area contributed by atoms with Gasteiger partial charge in [0.25, 0.3) is 5.91 Å². The zero-order valence-corrected chi connectivity index (χ0v) is 16.8. The average molecular weight is 434 g/mol. The first-order chi connectivity index (χ1) is 12.5. The van der Waals surface area contributed by atoms with Gasteiger partial charge in [-0.05, 0) is 49.2 Å². The van der Waals surface area contributed by atoms with Crippen LogP contribution in [0, 0.1) is 0 Å². The maximum Gasteiger partial charge on any atom is 0.256 e. The Morgan fingerprint density at radius 3 is 2.54 bits per heavy atom. The van der Waals surface area contributed by atoms with E-state index in [9.17, 15) is 9.59 Å². The highest BCUT2D eigenvalue weighted by Crippen LogP contribution is 2.30. The summed E-state index contributed by atoms with van der Waals surface area (Å²) in [6.07, 6.45) is 3.27.